The van der Waals surface area contributed by atoms with Crippen molar-refractivity contribution in [2.75, 3.05) is 0 Å². The molecule has 1 heterocycles. The number of unbranched alkanes of at least 4 members (excludes halogenated alkanes) is 2. The molecule has 3 unspecified atom stereocenters. The fraction of sp³-hybridized carbons (Fsp3) is 0.909. The molecule has 0 N–H and O–H groups in total. The maximum absolute atomic E-state index is 11.9. The van der Waals surface area contributed by atoms with E-state index in [0.717, 1.165) is 31.4 Å². The molecule has 0 radical (unpaired) electrons. The number of carbonyl (C=O) groups excluding carboxylic acids is 2. The van der Waals surface area contributed by atoms with Crippen LogP contribution in [0.1, 0.15) is 25.7 Å². The van der Waals surface area contributed by atoms with Gasteiger partial charge in [-0.2, -0.15) is 0 Å². The van der Waals surface area contributed by atoms with E-state index in [0.29, 0.717) is 23.3 Å². The Morgan fingerprint density at radius 1 is 0.853 bits per heavy atom. The van der Waals surface area contributed by atoms with Crippen molar-refractivity contribution in [2.24, 2.45) is 23.7 Å². The van der Waals surface area contributed by atoms with Gasteiger partial charge in [0.2, 0.25) is 0 Å². The van der Waals surface area contributed by atoms with Crippen molar-refractivity contribution in [1.29, 1.82) is 0 Å². The summed E-state index contributed by atoms with van der Waals surface area (Å²) in [6.07, 6.45) is 3.55. The van der Waals surface area contributed by atoms with E-state index in [-0.39, 0.29) is 24.3 Å². The fourth-order valence-corrected chi connectivity index (χ4v) is 28.1. The molecule has 2 saturated carbocycles. The van der Waals surface area contributed by atoms with Crippen LogP contribution in [0.3, 0.4) is 0 Å². The van der Waals surface area contributed by atoms with Crippen LogP contribution in [0.4, 0.5) is 0 Å². The maximum Gasteiger partial charge on any atom is 0.317 e. The Labute approximate surface area is 211 Å². The maximum atomic E-state index is 11.9. The lowest BCUT2D eigenvalue weighted by atomic mass is 9.95. The van der Waals surface area contributed by atoms with Gasteiger partial charge in [-0.15, -0.1) is 0 Å². The van der Waals surface area contributed by atoms with Crippen molar-refractivity contribution in [1.82, 2.24) is 0 Å². The van der Waals surface area contributed by atoms with Gasteiger partial charge in [-0.25, -0.2) is 0 Å². The van der Waals surface area contributed by atoms with E-state index in [9.17, 15) is 14.1 Å². The Bertz CT molecular complexity index is 818. The molecule has 1 saturated heterocycles. The van der Waals surface area contributed by atoms with Crippen molar-refractivity contribution in [3.05, 3.63) is 0 Å². The monoisotopic (exact) mass is 560 g/mol. The molecule has 0 aromatic rings. The van der Waals surface area contributed by atoms with Crippen LogP contribution in [0, 0.1) is 23.7 Å². The van der Waals surface area contributed by atoms with Crippen LogP contribution in [0.2, 0.25) is 76.6 Å². The molecular formula is C22H44O7Si5. The van der Waals surface area contributed by atoms with Crippen molar-refractivity contribution in [2.45, 2.75) is 102 Å². The first-order valence-electron chi connectivity index (χ1n) is 12.8. The molecule has 194 valence electrons. The first-order valence-corrected chi connectivity index (χ1v) is 26.6. The van der Waals surface area contributed by atoms with Crippen LogP contribution >= 0.6 is 0 Å². The number of carbonyl (C=O) groups is 2. The highest BCUT2D eigenvalue weighted by Gasteiger charge is 2.80. The minimum atomic E-state index is -2.40. The lowest BCUT2D eigenvalue weighted by molar-refractivity contribution is -0.153. The molecule has 0 bridgehead atoms. The molecule has 3 rings (SSSR count). The summed E-state index contributed by atoms with van der Waals surface area (Å²) in [5.41, 5.74) is 0.548. The average Bonchev–Trinajstić information content (AvgIpc) is 3.45. The van der Waals surface area contributed by atoms with Gasteiger partial charge in [0.25, 0.3) is 8.68 Å². The number of fused-ring (bicyclic) bond motifs is 1. The summed E-state index contributed by atoms with van der Waals surface area (Å²) >= 11 is 0. The number of hydrogen-bond acceptors (Lipinski definition) is 7. The molecular weight excluding hydrogens is 517 g/mol. The molecule has 0 aromatic carbocycles. The first-order chi connectivity index (χ1) is 15.4. The highest BCUT2D eigenvalue weighted by atomic mass is 28.5. The molecule has 1 aliphatic heterocycles. The van der Waals surface area contributed by atoms with Crippen LogP contribution < -0.4 is 0 Å². The molecule has 34 heavy (non-hydrogen) atoms. The number of ether oxygens (including phenoxy) is 1. The van der Waals surface area contributed by atoms with Gasteiger partial charge in [0.05, 0.1) is 12.3 Å². The molecule has 0 amide bonds. The normalized spacial score (nSPS) is 29.1. The van der Waals surface area contributed by atoms with Crippen molar-refractivity contribution in [3.8, 4) is 0 Å². The average molecular weight is 561 g/mol. The SMILES string of the molecule is C[Si](=O)CCCCC[Si](C)(C)O[Si](C)(C)O[Si](C)(C)O[Si](C)(C)C1C2C(C3CC(=O)OC3=O)C21. The van der Waals surface area contributed by atoms with Gasteiger partial charge in [0, 0.05) is 0 Å². The van der Waals surface area contributed by atoms with Crippen molar-refractivity contribution in [3.63, 3.8) is 0 Å². The van der Waals surface area contributed by atoms with Gasteiger partial charge in [-0.1, -0.05) is 12.8 Å². The molecule has 7 nitrogen and oxygen atoms in total. The standard InChI is InChI=1S/C22H44O7Si5/c1-30(25)13-11-10-12-14-31(2,3)27-33(6,7)29-34(8,9)28-32(4,5)21-19-18(20(19)21)16-15-17(23)26-22(16)24/h16,18-21H,10-15H2,1-9H3. The highest BCUT2D eigenvalue weighted by Crippen LogP contribution is 2.82. The number of rotatable bonds is 14. The van der Waals surface area contributed by atoms with E-state index < -0.39 is 42.4 Å². The van der Waals surface area contributed by atoms with E-state index >= 15 is 0 Å². The van der Waals surface area contributed by atoms with E-state index in [2.05, 4.69) is 52.4 Å². The van der Waals surface area contributed by atoms with Gasteiger partial charge < -0.3 is 21.5 Å². The topological polar surface area (TPSA) is 88.1 Å². The summed E-state index contributed by atoms with van der Waals surface area (Å²) in [7, 11) is -9.95. The Morgan fingerprint density at radius 2 is 1.44 bits per heavy atom. The molecule has 0 spiro atoms. The lowest BCUT2D eigenvalue weighted by Crippen LogP contribution is -2.57. The third kappa shape index (κ3) is 7.23. The van der Waals surface area contributed by atoms with E-state index in [1.165, 1.54) is 0 Å². The zero-order valence-corrected chi connectivity index (χ0v) is 27.5. The summed E-state index contributed by atoms with van der Waals surface area (Å²) in [6.45, 7) is 19.5. The summed E-state index contributed by atoms with van der Waals surface area (Å²) < 4.78 is 36.3. The number of esters is 2. The first kappa shape index (κ1) is 28.5. The largest absolute Gasteiger partial charge is 0.436 e. The van der Waals surface area contributed by atoms with Gasteiger partial charge in [0.15, 0.2) is 16.6 Å². The molecule has 3 aliphatic rings. The van der Waals surface area contributed by atoms with E-state index in [4.69, 9.17) is 17.1 Å². The second kappa shape index (κ2) is 9.99. The highest BCUT2D eigenvalue weighted by molar-refractivity contribution is 6.90. The van der Waals surface area contributed by atoms with Gasteiger partial charge in [-0.05, 0) is 101 Å². The summed E-state index contributed by atoms with van der Waals surface area (Å²) in [6, 6.07) is 1.96. The zero-order valence-electron chi connectivity index (χ0n) is 22.5. The van der Waals surface area contributed by atoms with Crippen LogP contribution in [0.5, 0.6) is 0 Å². The fourth-order valence-electron chi connectivity index (χ4n) is 6.48. The number of hydrogen-bond donors (Lipinski definition) is 0. The van der Waals surface area contributed by atoms with E-state index in [1.54, 1.807) is 0 Å². The zero-order chi connectivity index (χ0) is 25.7. The van der Waals surface area contributed by atoms with Crippen molar-refractivity contribution < 1.29 is 31.1 Å². The van der Waals surface area contributed by atoms with E-state index in [1.807, 2.05) is 6.55 Å². The quantitative estimate of drug-likeness (QED) is 0.121. The summed E-state index contributed by atoms with van der Waals surface area (Å²) in [4.78, 5) is 23.4. The molecule has 0 aromatic heterocycles. The van der Waals surface area contributed by atoms with Crippen LogP contribution in [0.25, 0.3) is 0 Å². The predicted molar refractivity (Wildman–Crippen MR) is 142 cm³/mol. The molecule has 12 heteroatoms. The Kier molecular flexibility index (Phi) is 8.37. The predicted octanol–water partition coefficient (Wildman–Crippen LogP) is 5.41. The molecule has 2 aliphatic carbocycles. The van der Waals surface area contributed by atoms with Crippen LogP contribution in [-0.4, -0.2) is 54.4 Å². The lowest BCUT2D eigenvalue weighted by Gasteiger charge is -2.42. The second-order valence-electron chi connectivity index (χ2n) is 12.6. The van der Waals surface area contributed by atoms with Gasteiger partial charge in [0.1, 0.15) is 0 Å². The summed E-state index contributed by atoms with van der Waals surface area (Å²) in [5.74, 6) is 0.456. The number of cyclic esters (lactones) is 2. The summed E-state index contributed by atoms with van der Waals surface area (Å²) in [5, 5.41) is 0. The Morgan fingerprint density at radius 3 is 1.97 bits per heavy atom. The Balaban J connectivity index is 1.46. The van der Waals surface area contributed by atoms with Crippen LogP contribution in [-0.2, 0) is 31.1 Å². The minimum Gasteiger partial charge on any atom is -0.436 e. The second-order valence-corrected chi connectivity index (χ2v) is 30.4. The van der Waals surface area contributed by atoms with Crippen LogP contribution in [0.15, 0.2) is 0 Å². The molecule has 3 fully saturated rings. The molecule has 3 atom stereocenters. The van der Waals surface area contributed by atoms with Crippen molar-refractivity contribution >= 4 is 54.4 Å². The van der Waals surface area contributed by atoms with Gasteiger partial charge >= 0.3 is 29.1 Å². The van der Waals surface area contributed by atoms with Gasteiger partial charge in [-0.3, -0.25) is 9.59 Å². The third-order valence-corrected chi connectivity index (χ3v) is 24.6. The minimum absolute atomic E-state index is 0.220. The smallest absolute Gasteiger partial charge is 0.317 e. The Hall–Kier alpha value is -0.0956. The third-order valence-electron chi connectivity index (χ3n) is 7.38.